The summed E-state index contributed by atoms with van der Waals surface area (Å²) in [4.78, 5) is 0. The maximum absolute atomic E-state index is 2.64. The minimum Gasteiger partial charge on any atom is -0.0679 e. The molecular formula is C42H32Si. The van der Waals surface area contributed by atoms with Crippen molar-refractivity contribution in [2.75, 3.05) is 0 Å². The molecule has 1 aliphatic heterocycles. The van der Waals surface area contributed by atoms with Gasteiger partial charge in [-0.2, -0.15) is 0 Å². The minimum absolute atomic E-state index is 0.238. The van der Waals surface area contributed by atoms with Crippen molar-refractivity contribution in [1.82, 2.24) is 0 Å². The van der Waals surface area contributed by atoms with Gasteiger partial charge in [-0.3, -0.25) is 0 Å². The Kier molecular flexibility index (Phi) is 5.28. The summed E-state index contributed by atoms with van der Waals surface area (Å²) in [5.74, 6) is 0.238. The highest BCUT2D eigenvalue weighted by Gasteiger charge is 2.56. The summed E-state index contributed by atoms with van der Waals surface area (Å²) in [5.41, 5.74) is 13.2. The van der Waals surface area contributed by atoms with Gasteiger partial charge in [-0.05, 0) is 90.7 Å². The minimum atomic E-state index is -2.64. The van der Waals surface area contributed by atoms with Crippen molar-refractivity contribution < 1.29 is 0 Å². The fourth-order valence-electron chi connectivity index (χ4n) is 8.75. The zero-order valence-corrected chi connectivity index (χ0v) is 25.6. The third kappa shape index (κ3) is 3.26. The van der Waals surface area contributed by atoms with Gasteiger partial charge in [0.15, 0.2) is 8.07 Å². The standard InChI is InChI=1S/C42H32Si/c1-27-25-36-34-21-13-12-14-29(34)22-23-35(36)38(27)37-26-31-24-28(2)41-40(31)39(30-15-6-3-7-16-30)42(37)43(41,32-17-8-4-9-18-32)33-19-10-5-11-20-33/h3-23,25-26,38H,24H2,1-2H3. The Labute approximate surface area is 254 Å². The lowest BCUT2D eigenvalue weighted by Crippen LogP contribution is -2.67. The van der Waals surface area contributed by atoms with E-state index in [4.69, 9.17) is 0 Å². The van der Waals surface area contributed by atoms with Crippen molar-refractivity contribution in [2.24, 2.45) is 0 Å². The van der Waals surface area contributed by atoms with Gasteiger partial charge in [0.25, 0.3) is 0 Å². The molecule has 0 nitrogen and oxygen atoms in total. The molecule has 1 atom stereocenters. The predicted octanol–water partition coefficient (Wildman–Crippen LogP) is 8.41. The first-order chi connectivity index (χ1) is 21.2. The lowest BCUT2D eigenvalue weighted by Gasteiger charge is -2.35. The van der Waals surface area contributed by atoms with Crippen molar-refractivity contribution in [3.05, 3.63) is 172 Å². The van der Waals surface area contributed by atoms with Gasteiger partial charge in [-0.15, -0.1) is 0 Å². The van der Waals surface area contributed by atoms with E-state index in [1.54, 1.807) is 16.0 Å². The summed E-state index contributed by atoms with van der Waals surface area (Å²) in [5, 5.41) is 8.89. The van der Waals surface area contributed by atoms with Crippen molar-refractivity contribution in [1.29, 1.82) is 0 Å². The first-order valence-corrected chi connectivity index (χ1v) is 17.4. The molecule has 0 amide bonds. The molecule has 0 saturated heterocycles. The average molecular weight is 565 g/mol. The molecule has 1 heterocycles. The molecule has 3 aliphatic rings. The Morgan fingerprint density at radius 2 is 1.23 bits per heavy atom. The number of hydrogen-bond acceptors (Lipinski definition) is 0. The first kappa shape index (κ1) is 24.8. The van der Waals surface area contributed by atoms with E-state index in [1.165, 1.54) is 65.7 Å². The van der Waals surface area contributed by atoms with E-state index in [0.717, 1.165) is 6.42 Å². The maximum Gasteiger partial charge on any atom is 0.181 e. The number of allylic oxidation sites excluding steroid dienone is 2. The number of hydrogen-bond donors (Lipinski definition) is 0. The van der Waals surface area contributed by atoms with Gasteiger partial charge in [0.1, 0.15) is 0 Å². The molecule has 43 heavy (non-hydrogen) atoms. The highest BCUT2D eigenvalue weighted by atomic mass is 28.3. The molecule has 9 rings (SSSR count). The van der Waals surface area contributed by atoms with Crippen molar-refractivity contribution in [2.45, 2.75) is 26.2 Å². The maximum atomic E-state index is 2.63. The van der Waals surface area contributed by atoms with Crippen LogP contribution in [-0.4, -0.2) is 8.07 Å². The van der Waals surface area contributed by atoms with Crippen LogP contribution in [0.5, 0.6) is 0 Å². The van der Waals surface area contributed by atoms with Crippen molar-refractivity contribution >= 4 is 45.7 Å². The van der Waals surface area contributed by atoms with E-state index < -0.39 is 8.07 Å². The Morgan fingerprint density at radius 1 is 0.605 bits per heavy atom. The van der Waals surface area contributed by atoms with E-state index in [0.29, 0.717) is 0 Å². The summed E-state index contributed by atoms with van der Waals surface area (Å²) < 4.78 is 0. The SMILES string of the molecule is CC1=Cc2c(ccc3ccccc23)C1c1cc2c3c(-c4ccccc4)c1[Si](c1ccccc1)(c1ccccc1)C3=C(C)C2. The van der Waals surface area contributed by atoms with E-state index >= 15 is 0 Å². The molecule has 6 aromatic rings. The van der Waals surface area contributed by atoms with Crippen LogP contribution in [0.3, 0.4) is 0 Å². The fourth-order valence-corrected chi connectivity index (χ4v) is 14.6. The topological polar surface area (TPSA) is 0 Å². The Bertz CT molecular complexity index is 2110. The Hall–Kier alpha value is -4.72. The van der Waals surface area contributed by atoms with Crippen LogP contribution in [0.1, 0.15) is 47.6 Å². The summed E-state index contributed by atoms with van der Waals surface area (Å²) in [6, 6.07) is 50.5. The fraction of sp³-hybridized carbons (Fsp3) is 0.0952. The van der Waals surface area contributed by atoms with Crippen LogP contribution < -0.4 is 15.6 Å². The third-order valence-electron chi connectivity index (χ3n) is 10.3. The monoisotopic (exact) mass is 564 g/mol. The van der Waals surface area contributed by atoms with Crippen LogP contribution in [0.15, 0.2) is 145 Å². The lowest BCUT2D eigenvalue weighted by molar-refractivity contribution is 0.980. The van der Waals surface area contributed by atoms with E-state index in [-0.39, 0.29) is 5.92 Å². The summed E-state index contributed by atoms with van der Waals surface area (Å²) in [6.45, 7) is 4.77. The van der Waals surface area contributed by atoms with E-state index in [1.807, 2.05) is 0 Å². The zero-order valence-electron chi connectivity index (χ0n) is 24.6. The quantitative estimate of drug-likeness (QED) is 0.189. The molecule has 204 valence electrons. The molecule has 0 N–H and O–H groups in total. The smallest absolute Gasteiger partial charge is 0.0679 e. The zero-order chi connectivity index (χ0) is 28.7. The van der Waals surface area contributed by atoms with Gasteiger partial charge in [0.2, 0.25) is 0 Å². The van der Waals surface area contributed by atoms with E-state index in [2.05, 4.69) is 153 Å². The van der Waals surface area contributed by atoms with Crippen molar-refractivity contribution in [3.8, 4) is 11.1 Å². The third-order valence-corrected chi connectivity index (χ3v) is 15.4. The van der Waals surface area contributed by atoms with Gasteiger partial charge < -0.3 is 0 Å². The van der Waals surface area contributed by atoms with Crippen LogP contribution in [-0.2, 0) is 6.42 Å². The molecule has 0 saturated carbocycles. The largest absolute Gasteiger partial charge is 0.181 e. The second kappa shape index (κ2) is 9.14. The van der Waals surface area contributed by atoms with E-state index in [9.17, 15) is 0 Å². The van der Waals surface area contributed by atoms with Gasteiger partial charge in [-0.1, -0.05) is 151 Å². The van der Waals surface area contributed by atoms with Gasteiger partial charge >= 0.3 is 0 Å². The molecule has 0 spiro atoms. The highest BCUT2D eigenvalue weighted by molar-refractivity contribution is 7.25. The second-order valence-electron chi connectivity index (χ2n) is 12.5. The predicted molar refractivity (Wildman–Crippen MR) is 185 cm³/mol. The molecule has 2 aliphatic carbocycles. The van der Waals surface area contributed by atoms with Crippen LogP contribution in [0.2, 0.25) is 0 Å². The normalized spacial score (nSPS) is 17.4. The molecule has 2 bridgehead atoms. The molecule has 0 fully saturated rings. The van der Waals surface area contributed by atoms with Crippen molar-refractivity contribution in [3.63, 3.8) is 0 Å². The van der Waals surface area contributed by atoms with Gasteiger partial charge in [0, 0.05) is 5.92 Å². The Balaban J connectivity index is 1.45. The summed E-state index contributed by atoms with van der Waals surface area (Å²) in [6.07, 6.45) is 3.51. The lowest BCUT2D eigenvalue weighted by atomic mass is 9.84. The Morgan fingerprint density at radius 3 is 1.93 bits per heavy atom. The molecule has 1 heteroatoms. The van der Waals surface area contributed by atoms with Crippen LogP contribution in [0, 0.1) is 0 Å². The van der Waals surface area contributed by atoms with Crippen LogP contribution >= 0.6 is 0 Å². The first-order valence-electron chi connectivity index (χ1n) is 15.4. The summed E-state index contributed by atoms with van der Waals surface area (Å²) >= 11 is 0. The second-order valence-corrected chi connectivity index (χ2v) is 16.2. The van der Waals surface area contributed by atoms with Gasteiger partial charge in [0.05, 0.1) is 0 Å². The molecule has 0 aromatic heterocycles. The van der Waals surface area contributed by atoms with Gasteiger partial charge in [-0.25, -0.2) is 0 Å². The average Bonchev–Trinajstić information content (AvgIpc) is 3.66. The number of fused-ring (bicyclic) bond motifs is 4. The highest BCUT2D eigenvalue weighted by Crippen LogP contribution is 2.53. The molecular weight excluding hydrogens is 533 g/mol. The molecule has 0 radical (unpaired) electrons. The van der Waals surface area contributed by atoms with Crippen LogP contribution in [0.4, 0.5) is 0 Å². The molecule has 6 aromatic carbocycles. The number of benzene rings is 6. The van der Waals surface area contributed by atoms with Crippen LogP contribution in [0.25, 0.3) is 33.2 Å². The summed E-state index contributed by atoms with van der Waals surface area (Å²) in [7, 11) is -2.64. The number of rotatable bonds is 4. The molecule has 1 unspecified atom stereocenters.